The van der Waals surface area contributed by atoms with Crippen molar-refractivity contribution in [2.45, 2.75) is 45.8 Å². The van der Waals surface area contributed by atoms with Gasteiger partial charge in [0.15, 0.2) is 18.2 Å². The lowest BCUT2D eigenvalue weighted by atomic mass is 10.1. The zero-order valence-electron chi connectivity index (χ0n) is 21.5. The summed E-state index contributed by atoms with van der Waals surface area (Å²) in [5.74, 6) is 0.914. The molecule has 3 aromatic rings. The molecule has 2 atom stereocenters. The van der Waals surface area contributed by atoms with E-state index >= 15 is 0 Å². The van der Waals surface area contributed by atoms with E-state index in [1.54, 1.807) is 16.8 Å². The normalized spacial score (nSPS) is 18.3. The molecular weight excluding hydrogens is 609 g/mol. The number of carbonyl (C=O) groups is 1. The zero-order chi connectivity index (χ0) is 26.9. The molecule has 1 aliphatic rings. The summed E-state index contributed by atoms with van der Waals surface area (Å²) >= 11 is 8.84. The third kappa shape index (κ3) is 5.93. The number of nitrogens with zero attached hydrogens (tertiary/aromatic N) is 5. The Bertz CT molecular complexity index is 1350. The molecule has 0 radical (unpaired) electrons. The lowest BCUT2D eigenvalue weighted by molar-refractivity contribution is -0.122. The van der Waals surface area contributed by atoms with Crippen molar-refractivity contribution in [2.75, 3.05) is 37.0 Å². The Morgan fingerprint density at radius 1 is 1.24 bits per heavy atom. The summed E-state index contributed by atoms with van der Waals surface area (Å²) < 4.78 is 9.53. The van der Waals surface area contributed by atoms with Crippen molar-refractivity contribution in [3.8, 4) is 5.75 Å². The molecule has 0 spiro atoms. The Balaban J connectivity index is 1.66. The summed E-state index contributed by atoms with van der Waals surface area (Å²) in [5.41, 5.74) is 1.21. The topological polar surface area (TPSA) is 105 Å². The molecule has 0 unspecified atom stereocenters. The Morgan fingerprint density at radius 3 is 2.59 bits per heavy atom. The third-order valence-corrected chi connectivity index (χ3v) is 8.42. The maximum absolute atomic E-state index is 13.0. The van der Waals surface area contributed by atoms with Crippen LogP contribution in [0.25, 0.3) is 10.9 Å². The van der Waals surface area contributed by atoms with Gasteiger partial charge in [-0.3, -0.25) is 9.59 Å². The molecule has 3 heterocycles. The van der Waals surface area contributed by atoms with Crippen LogP contribution in [0, 0.1) is 0 Å². The highest BCUT2D eigenvalue weighted by molar-refractivity contribution is 14.1. The average molecular weight is 640 g/mol. The van der Waals surface area contributed by atoms with Crippen LogP contribution in [0.3, 0.4) is 0 Å². The predicted molar refractivity (Wildman–Crippen MR) is 155 cm³/mol. The molecule has 1 amide bonds. The second-order valence-electron chi connectivity index (χ2n) is 9.45. The molecule has 2 aromatic heterocycles. The summed E-state index contributed by atoms with van der Waals surface area (Å²) in [5, 5.41) is 6.97. The van der Waals surface area contributed by atoms with E-state index in [0.29, 0.717) is 28.9 Å². The van der Waals surface area contributed by atoms with E-state index in [4.69, 9.17) is 21.3 Å². The van der Waals surface area contributed by atoms with Crippen molar-refractivity contribution in [1.82, 2.24) is 23.0 Å². The molecule has 198 valence electrons. The van der Waals surface area contributed by atoms with Gasteiger partial charge in [-0.15, -0.1) is 0 Å². The first-order valence-electron chi connectivity index (χ1n) is 12.1. The van der Waals surface area contributed by atoms with Gasteiger partial charge in [-0.05, 0) is 52.0 Å². The van der Waals surface area contributed by atoms with E-state index in [0.717, 1.165) is 29.7 Å². The van der Waals surface area contributed by atoms with Crippen LogP contribution in [0.15, 0.2) is 35.3 Å². The summed E-state index contributed by atoms with van der Waals surface area (Å²) in [4.78, 5) is 36.1. The van der Waals surface area contributed by atoms with E-state index in [1.807, 2.05) is 32.0 Å². The van der Waals surface area contributed by atoms with Gasteiger partial charge >= 0.3 is 0 Å². The molecule has 0 bridgehead atoms. The van der Waals surface area contributed by atoms with Crippen molar-refractivity contribution in [2.24, 2.45) is 0 Å². The second kappa shape index (κ2) is 11.4. The first kappa shape index (κ1) is 27.4. The number of fused-ring (bicyclic) bond motifs is 1. The monoisotopic (exact) mass is 639 g/mol. The predicted octanol–water partition coefficient (Wildman–Crippen LogP) is 4.14. The molecule has 2 N–H and O–H groups in total. The fraction of sp³-hybridized carbons (Fsp3) is 0.440. The second-order valence-corrected chi connectivity index (χ2v) is 11.0. The lowest BCUT2D eigenvalue weighted by Crippen LogP contribution is -2.53. The molecule has 1 saturated heterocycles. The van der Waals surface area contributed by atoms with E-state index in [9.17, 15) is 9.59 Å². The molecule has 1 fully saturated rings. The number of anilines is 3. The highest BCUT2D eigenvalue weighted by Crippen LogP contribution is 2.30. The number of amides is 1. The first-order chi connectivity index (χ1) is 17.6. The fourth-order valence-electron chi connectivity index (χ4n) is 4.43. The molecule has 4 rings (SSSR count). The maximum Gasteiger partial charge on any atom is 0.293 e. The number of pyridine rings is 1. The van der Waals surface area contributed by atoms with Crippen LogP contribution in [0.1, 0.15) is 33.7 Å². The highest BCUT2D eigenvalue weighted by Gasteiger charge is 2.29. The van der Waals surface area contributed by atoms with Crippen molar-refractivity contribution in [3.63, 3.8) is 0 Å². The van der Waals surface area contributed by atoms with Crippen molar-refractivity contribution >= 4 is 68.7 Å². The van der Waals surface area contributed by atoms with Gasteiger partial charge < -0.3 is 24.8 Å². The number of hydrogen-bond donors (Lipinski definition) is 2. The van der Waals surface area contributed by atoms with E-state index < -0.39 is 0 Å². The lowest BCUT2D eigenvalue weighted by Gasteiger charge is -2.40. The van der Waals surface area contributed by atoms with Gasteiger partial charge in [0.1, 0.15) is 5.02 Å². The Hall–Kier alpha value is -2.64. The van der Waals surface area contributed by atoms with Crippen LogP contribution in [-0.4, -0.2) is 62.4 Å². The molecule has 12 heteroatoms. The number of aromatic nitrogens is 3. The summed E-state index contributed by atoms with van der Waals surface area (Å²) in [6.07, 6.45) is 1.61. The number of rotatable bonds is 7. The molecule has 0 aliphatic carbocycles. The van der Waals surface area contributed by atoms with Crippen LogP contribution in [0.4, 0.5) is 17.5 Å². The fourth-order valence-corrected chi connectivity index (χ4v) is 4.92. The van der Waals surface area contributed by atoms with Gasteiger partial charge in [-0.1, -0.05) is 11.6 Å². The van der Waals surface area contributed by atoms with Crippen molar-refractivity contribution in [1.29, 1.82) is 0 Å². The summed E-state index contributed by atoms with van der Waals surface area (Å²) in [7, 11) is 1.52. The van der Waals surface area contributed by atoms with Crippen molar-refractivity contribution < 1.29 is 9.53 Å². The van der Waals surface area contributed by atoms with Crippen LogP contribution in [0.5, 0.6) is 5.75 Å². The average Bonchev–Trinajstić information content (AvgIpc) is 2.86. The van der Waals surface area contributed by atoms with Gasteiger partial charge in [0.25, 0.3) is 11.5 Å². The summed E-state index contributed by atoms with van der Waals surface area (Å²) in [6, 6.07) is 7.92. The smallest absolute Gasteiger partial charge is 0.293 e. The molecular formula is C25H31ClIN7O3. The number of halogens is 2. The largest absolute Gasteiger partial charge is 0.478 e. The van der Waals surface area contributed by atoms with Crippen LogP contribution >= 0.6 is 34.5 Å². The number of ether oxygens (including phenoxy) is 1. The Kier molecular flexibility index (Phi) is 8.44. The molecule has 1 aliphatic heterocycles. The molecule has 10 nitrogen and oxygen atoms in total. The van der Waals surface area contributed by atoms with Gasteiger partial charge in [0, 0.05) is 72.2 Å². The third-order valence-electron chi connectivity index (χ3n) is 6.25. The number of hydrogen-bond acceptors (Lipinski definition) is 8. The Morgan fingerprint density at radius 2 is 1.95 bits per heavy atom. The minimum atomic E-state index is -0.316. The minimum absolute atomic E-state index is 0.107. The van der Waals surface area contributed by atoms with Crippen LogP contribution in [0.2, 0.25) is 5.02 Å². The van der Waals surface area contributed by atoms with Crippen molar-refractivity contribution in [3.05, 3.63) is 45.8 Å². The van der Waals surface area contributed by atoms with Gasteiger partial charge in [0.05, 0.1) is 11.7 Å². The molecule has 37 heavy (non-hydrogen) atoms. The summed E-state index contributed by atoms with van der Waals surface area (Å²) in [6.45, 7) is 9.61. The number of nitrogens with one attached hydrogen (secondary N) is 2. The number of piperazine rings is 1. The maximum atomic E-state index is 13.0. The molecule has 1 aromatic carbocycles. The van der Waals surface area contributed by atoms with Gasteiger partial charge in [-0.2, -0.15) is 4.98 Å². The van der Waals surface area contributed by atoms with E-state index in [-0.39, 0.29) is 29.9 Å². The first-order valence-corrected chi connectivity index (χ1v) is 13.4. The van der Waals surface area contributed by atoms with E-state index in [2.05, 4.69) is 60.3 Å². The van der Waals surface area contributed by atoms with Crippen LogP contribution < -0.4 is 25.8 Å². The highest BCUT2D eigenvalue weighted by atomic mass is 127. The number of benzene rings is 1. The van der Waals surface area contributed by atoms with E-state index in [1.165, 1.54) is 7.05 Å². The Labute approximate surface area is 234 Å². The SMILES string of the molecule is CNC(=O)COc1cc2cc(Nc3nc(N4C[C@@H](C)N(I)[C@@H](C)C4)ncc3Cl)ccc2n(C(C)C)c1=O. The van der Waals surface area contributed by atoms with Crippen LogP contribution in [-0.2, 0) is 4.79 Å². The number of likely N-dealkylation sites (N-methyl/N-ethyl adjacent to an activating group) is 1. The number of carbonyl (C=O) groups excluding carboxylic acids is 1. The van der Waals surface area contributed by atoms with Gasteiger partial charge in [0.2, 0.25) is 5.95 Å². The molecule has 0 saturated carbocycles. The zero-order valence-corrected chi connectivity index (χ0v) is 24.4. The van der Waals surface area contributed by atoms with Gasteiger partial charge in [-0.25, -0.2) is 8.10 Å². The minimum Gasteiger partial charge on any atom is -0.478 e. The quantitative estimate of drug-likeness (QED) is 0.294. The standard InChI is InChI=1S/C25H31ClIN7O3/c1-14(2)33-20-7-6-18(8-17(20)9-21(24(33)36)37-13-22(35)28-5)30-23-19(26)10-29-25(31-23)32-11-15(3)34(27)16(4)12-32/h6-10,14-16H,11-13H2,1-5H3,(H,28,35)(H,29,30,31)/t15-,16+.